The first-order valence-corrected chi connectivity index (χ1v) is 6.14. The molecule has 4 nitrogen and oxygen atoms in total. The van der Waals surface area contributed by atoms with E-state index in [1.54, 1.807) is 6.20 Å². The van der Waals surface area contributed by atoms with E-state index in [9.17, 15) is 0 Å². The Kier molecular flexibility index (Phi) is 3.14. The molecule has 0 aliphatic rings. The number of rotatable bonds is 3. The van der Waals surface area contributed by atoms with Gasteiger partial charge < -0.3 is 5.73 Å². The number of nitrogens with zero attached hydrogens (tertiary/aromatic N) is 3. The Balaban J connectivity index is 2.40. The van der Waals surface area contributed by atoms with Gasteiger partial charge in [-0.2, -0.15) is 0 Å². The molecule has 2 rings (SSSR count). The maximum Gasteiger partial charge on any atom is 0.202 e. The molecule has 5 heteroatoms. The molecule has 0 unspecified atom stereocenters. The largest absolute Gasteiger partial charge is 0.369 e. The summed E-state index contributed by atoms with van der Waals surface area (Å²) in [6.07, 6.45) is 2.85. The Hall–Kier alpha value is -1.10. The molecule has 0 saturated carbocycles. The number of halogens is 1. The zero-order valence-electron chi connectivity index (χ0n) is 9.44. The summed E-state index contributed by atoms with van der Waals surface area (Å²) in [5.41, 5.74) is 7.59. The Morgan fingerprint density at radius 3 is 2.94 bits per heavy atom. The minimum Gasteiger partial charge on any atom is -0.369 e. The molecule has 0 aliphatic heterocycles. The second kappa shape index (κ2) is 4.41. The highest BCUT2D eigenvalue weighted by Gasteiger charge is 2.09. The van der Waals surface area contributed by atoms with E-state index in [-0.39, 0.29) is 0 Å². The molecule has 16 heavy (non-hydrogen) atoms. The molecule has 0 amide bonds. The number of aryl methyl sites for hydroxylation is 1. The van der Waals surface area contributed by atoms with Gasteiger partial charge in [-0.25, -0.2) is 9.97 Å². The maximum atomic E-state index is 5.89. The highest BCUT2D eigenvalue weighted by Crippen LogP contribution is 2.20. The fraction of sp³-hybridized carbons (Fsp3) is 0.455. The molecule has 0 fully saturated rings. The lowest BCUT2D eigenvalue weighted by molar-refractivity contribution is 0.525. The first-order chi connectivity index (χ1) is 7.58. The van der Waals surface area contributed by atoms with Crippen LogP contribution in [0.5, 0.6) is 0 Å². The lowest BCUT2D eigenvalue weighted by Gasteiger charge is -2.07. The predicted molar refractivity (Wildman–Crippen MR) is 69.1 cm³/mol. The van der Waals surface area contributed by atoms with Crippen molar-refractivity contribution in [2.75, 3.05) is 5.73 Å². The second-order valence-corrected chi connectivity index (χ2v) is 5.22. The first-order valence-electron chi connectivity index (χ1n) is 5.35. The van der Waals surface area contributed by atoms with Gasteiger partial charge in [-0.15, -0.1) is 0 Å². The minimum atomic E-state index is 0.543. The summed E-state index contributed by atoms with van der Waals surface area (Å²) in [6, 6.07) is 1.94. The van der Waals surface area contributed by atoms with E-state index in [2.05, 4.69) is 39.7 Å². The molecule has 2 aromatic heterocycles. The molecular weight excluding hydrogens is 268 g/mol. The quantitative estimate of drug-likeness (QED) is 0.942. The fourth-order valence-corrected chi connectivity index (χ4v) is 1.93. The average molecular weight is 283 g/mol. The molecule has 0 radical (unpaired) electrons. The van der Waals surface area contributed by atoms with Crippen LogP contribution in [0, 0.1) is 5.92 Å². The highest BCUT2D eigenvalue weighted by molar-refractivity contribution is 9.10. The van der Waals surface area contributed by atoms with Crippen molar-refractivity contribution in [3.05, 3.63) is 16.7 Å². The zero-order valence-corrected chi connectivity index (χ0v) is 11.0. The number of aromatic nitrogens is 3. The van der Waals surface area contributed by atoms with Crippen LogP contribution in [0.1, 0.15) is 20.3 Å². The predicted octanol–water partition coefficient (Wildman–Crippen LogP) is 2.82. The Bertz CT molecular complexity index is 504. The summed E-state index contributed by atoms with van der Waals surface area (Å²) in [7, 11) is 0. The number of anilines is 1. The van der Waals surface area contributed by atoms with Crippen molar-refractivity contribution in [3.8, 4) is 0 Å². The van der Waals surface area contributed by atoms with Crippen LogP contribution in [0.3, 0.4) is 0 Å². The maximum absolute atomic E-state index is 5.89. The lowest BCUT2D eigenvalue weighted by Crippen LogP contribution is -2.06. The van der Waals surface area contributed by atoms with Crippen LogP contribution in [0.15, 0.2) is 16.7 Å². The van der Waals surface area contributed by atoms with Gasteiger partial charge >= 0.3 is 0 Å². The molecule has 0 bridgehead atoms. The Morgan fingerprint density at radius 1 is 1.50 bits per heavy atom. The highest BCUT2D eigenvalue weighted by atomic mass is 79.9. The van der Waals surface area contributed by atoms with Crippen molar-refractivity contribution >= 4 is 33.0 Å². The summed E-state index contributed by atoms with van der Waals surface area (Å²) in [4.78, 5) is 8.65. The van der Waals surface area contributed by atoms with Crippen molar-refractivity contribution in [2.24, 2.45) is 5.92 Å². The monoisotopic (exact) mass is 282 g/mol. The number of hydrogen-bond donors (Lipinski definition) is 1. The van der Waals surface area contributed by atoms with Crippen LogP contribution in [-0.4, -0.2) is 14.5 Å². The van der Waals surface area contributed by atoms with Gasteiger partial charge in [0.25, 0.3) is 0 Å². The summed E-state index contributed by atoms with van der Waals surface area (Å²) in [6.45, 7) is 5.26. The summed E-state index contributed by atoms with van der Waals surface area (Å²) in [5.74, 6) is 1.19. The van der Waals surface area contributed by atoms with E-state index >= 15 is 0 Å². The van der Waals surface area contributed by atoms with Gasteiger partial charge in [0.05, 0.1) is 0 Å². The molecule has 2 heterocycles. The third-order valence-corrected chi connectivity index (χ3v) is 2.94. The number of hydrogen-bond acceptors (Lipinski definition) is 3. The van der Waals surface area contributed by atoms with Gasteiger partial charge in [-0.3, -0.25) is 4.57 Å². The number of nitrogens with two attached hydrogens (primary N) is 1. The van der Waals surface area contributed by atoms with E-state index in [4.69, 9.17) is 5.73 Å². The standard InChI is InChI=1S/C11H15BrN4/c1-7(2)3-4-16-10-9(15-11(16)13)5-8(12)6-14-10/h5-7H,3-4H2,1-2H3,(H2,13,15). The van der Waals surface area contributed by atoms with Crippen LogP contribution >= 0.6 is 15.9 Å². The van der Waals surface area contributed by atoms with Crippen LogP contribution in [0.4, 0.5) is 5.95 Å². The van der Waals surface area contributed by atoms with E-state index < -0.39 is 0 Å². The first kappa shape index (κ1) is 11.4. The van der Waals surface area contributed by atoms with Gasteiger partial charge in [0.15, 0.2) is 5.65 Å². The SMILES string of the molecule is CC(C)CCn1c(N)nc2cc(Br)cnc21. The third-order valence-electron chi connectivity index (χ3n) is 2.51. The molecule has 0 aliphatic carbocycles. The number of pyridine rings is 1. The Morgan fingerprint density at radius 2 is 2.25 bits per heavy atom. The van der Waals surface area contributed by atoms with Gasteiger partial charge in [-0.1, -0.05) is 13.8 Å². The van der Waals surface area contributed by atoms with Gasteiger partial charge in [0.2, 0.25) is 5.95 Å². The van der Waals surface area contributed by atoms with Crippen molar-refractivity contribution in [3.63, 3.8) is 0 Å². The molecule has 0 aromatic carbocycles. The van der Waals surface area contributed by atoms with E-state index in [1.165, 1.54) is 0 Å². The molecule has 2 N–H and O–H groups in total. The summed E-state index contributed by atoms with van der Waals surface area (Å²) < 4.78 is 2.90. The Labute approximate surface area is 103 Å². The van der Waals surface area contributed by atoms with E-state index in [0.717, 1.165) is 28.6 Å². The minimum absolute atomic E-state index is 0.543. The topological polar surface area (TPSA) is 56.7 Å². The van der Waals surface area contributed by atoms with Crippen molar-refractivity contribution in [1.82, 2.24) is 14.5 Å². The zero-order chi connectivity index (χ0) is 11.7. The molecule has 0 saturated heterocycles. The summed E-state index contributed by atoms with van der Waals surface area (Å²) in [5, 5.41) is 0. The molecule has 0 atom stereocenters. The lowest BCUT2D eigenvalue weighted by atomic mass is 10.1. The normalized spacial score (nSPS) is 11.5. The average Bonchev–Trinajstić information content (AvgIpc) is 2.50. The van der Waals surface area contributed by atoms with Gasteiger partial charge in [0.1, 0.15) is 5.52 Å². The number of nitrogen functional groups attached to an aromatic ring is 1. The second-order valence-electron chi connectivity index (χ2n) is 4.30. The van der Waals surface area contributed by atoms with E-state index in [0.29, 0.717) is 11.9 Å². The molecular formula is C11H15BrN4. The van der Waals surface area contributed by atoms with Gasteiger partial charge in [0, 0.05) is 17.2 Å². The molecule has 0 spiro atoms. The van der Waals surface area contributed by atoms with Crippen molar-refractivity contribution < 1.29 is 0 Å². The van der Waals surface area contributed by atoms with Crippen LogP contribution in [0.2, 0.25) is 0 Å². The van der Waals surface area contributed by atoms with E-state index in [1.807, 2.05) is 10.6 Å². The van der Waals surface area contributed by atoms with Crippen LogP contribution < -0.4 is 5.73 Å². The number of fused-ring (bicyclic) bond motifs is 1. The van der Waals surface area contributed by atoms with Crippen LogP contribution in [-0.2, 0) is 6.54 Å². The van der Waals surface area contributed by atoms with Crippen molar-refractivity contribution in [2.45, 2.75) is 26.8 Å². The third kappa shape index (κ3) is 2.19. The number of imidazole rings is 1. The fourth-order valence-electron chi connectivity index (χ4n) is 1.61. The molecule has 2 aromatic rings. The van der Waals surface area contributed by atoms with Crippen molar-refractivity contribution in [1.29, 1.82) is 0 Å². The van der Waals surface area contributed by atoms with Gasteiger partial charge in [-0.05, 0) is 34.3 Å². The molecule has 86 valence electrons. The smallest absolute Gasteiger partial charge is 0.202 e. The summed E-state index contributed by atoms with van der Waals surface area (Å²) >= 11 is 3.38. The van der Waals surface area contributed by atoms with Crippen LogP contribution in [0.25, 0.3) is 11.2 Å².